The fourth-order valence-electron chi connectivity index (χ4n) is 3.09. The van der Waals surface area contributed by atoms with Crippen LogP contribution in [0.3, 0.4) is 0 Å². The molecule has 1 heterocycles. The van der Waals surface area contributed by atoms with Gasteiger partial charge in [0.15, 0.2) is 0 Å². The Hall–Kier alpha value is -0.120. The Morgan fingerprint density at radius 1 is 1.25 bits per heavy atom. The maximum Gasteiger partial charge on any atom is 0.0477 e. The minimum Gasteiger partial charge on any atom is -0.382 e. The highest BCUT2D eigenvalue weighted by atomic mass is 16.5. The molecular formula is C17H36N2O. The Bertz CT molecular complexity index is 242. The van der Waals surface area contributed by atoms with Gasteiger partial charge < -0.3 is 10.1 Å². The number of ether oxygens (including phenoxy) is 1. The highest BCUT2D eigenvalue weighted by Crippen LogP contribution is 2.34. The van der Waals surface area contributed by atoms with Crippen LogP contribution in [0.4, 0.5) is 0 Å². The van der Waals surface area contributed by atoms with Crippen LogP contribution >= 0.6 is 0 Å². The summed E-state index contributed by atoms with van der Waals surface area (Å²) in [6.07, 6.45) is 3.84. The van der Waals surface area contributed by atoms with Crippen LogP contribution in [0.25, 0.3) is 0 Å². The highest BCUT2D eigenvalue weighted by molar-refractivity contribution is 4.83. The molecule has 120 valence electrons. The number of piperidine rings is 1. The van der Waals surface area contributed by atoms with E-state index >= 15 is 0 Å². The molecule has 0 radical (unpaired) electrons. The minimum absolute atomic E-state index is 0.479. The van der Waals surface area contributed by atoms with Crippen LogP contribution in [0.5, 0.6) is 0 Å². The van der Waals surface area contributed by atoms with Gasteiger partial charge in [0.25, 0.3) is 0 Å². The fraction of sp³-hybridized carbons (Fsp3) is 1.00. The Morgan fingerprint density at radius 3 is 2.45 bits per heavy atom. The minimum atomic E-state index is 0.479. The van der Waals surface area contributed by atoms with Gasteiger partial charge in [-0.1, -0.05) is 20.8 Å². The van der Waals surface area contributed by atoms with E-state index in [1.54, 1.807) is 0 Å². The highest BCUT2D eigenvalue weighted by Gasteiger charge is 2.29. The first-order valence-corrected chi connectivity index (χ1v) is 8.47. The van der Waals surface area contributed by atoms with Crippen molar-refractivity contribution in [2.24, 2.45) is 11.3 Å². The van der Waals surface area contributed by atoms with Gasteiger partial charge in [0.2, 0.25) is 0 Å². The van der Waals surface area contributed by atoms with Crippen LogP contribution in [0, 0.1) is 11.3 Å². The molecule has 0 spiro atoms. The molecule has 20 heavy (non-hydrogen) atoms. The lowest BCUT2D eigenvalue weighted by molar-refractivity contribution is 0.0870. The molecule has 0 bridgehead atoms. The third-order valence-electron chi connectivity index (χ3n) is 4.66. The lowest BCUT2D eigenvalue weighted by Crippen LogP contribution is -2.46. The predicted molar refractivity (Wildman–Crippen MR) is 87.2 cm³/mol. The largest absolute Gasteiger partial charge is 0.382 e. The van der Waals surface area contributed by atoms with Gasteiger partial charge in [-0.25, -0.2) is 0 Å². The summed E-state index contributed by atoms with van der Waals surface area (Å²) in [6.45, 7) is 18.0. The zero-order valence-corrected chi connectivity index (χ0v) is 14.4. The number of rotatable bonds is 8. The Kier molecular flexibility index (Phi) is 8.08. The predicted octanol–water partition coefficient (Wildman–Crippen LogP) is 3.15. The van der Waals surface area contributed by atoms with Crippen LogP contribution in [0.15, 0.2) is 0 Å². The maximum atomic E-state index is 5.35. The molecule has 1 unspecified atom stereocenters. The summed E-state index contributed by atoms with van der Waals surface area (Å²) in [7, 11) is 0. The van der Waals surface area contributed by atoms with E-state index in [0.29, 0.717) is 11.5 Å². The van der Waals surface area contributed by atoms with Crippen molar-refractivity contribution in [3.8, 4) is 0 Å². The first-order valence-electron chi connectivity index (χ1n) is 8.47. The molecule has 1 rings (SSSR count). The van der Waals surface area contributed by atoms with E-state index in [2.05, 4.69) is 44.8 Å². The third kappa shape index (κ3) is 6.55. The summed E-state index contributed by atoms with van der Waals surface area (Å²) in [5, 5.41) is 3.56. The molecule has 1 aliphatic heterocycles. The number of likely N-dealkylation sites (tertiary alicyclic amines) is 1. The van der Waals surface area contributed by atoms with Gasteiger partial charge in [-0.3, -0.25) is 4.90 Å². The van der Waals surface area contributed by atoms with Crippen LogP contribution in [0.1, 0.15) is 53.9 Å². The van der Waals surface area contributed by atoms with Gasteiger partial charge in [-0.15, -0.1) is 0 Å². The molecule has 1 N–H and O–H groups in total. The summed E-state index contributed by atoms with van der Waals surface area (Å²) in [5.41, 5.74) is 0.479. The zero-order valence-electron chi connectivity index (χ0n) is 14.4. The van der Waals surface area contributed by atoms with Crippen molar-refractivity contribution in [3.63, 3.8) is 0 Å². The Labute approximate surface area is 126 Å². The molecule has 0 aromatic heterocycles. The van der Waals surface area contributed by atoms with Crippen LogP contribution in [-0.2, 0) is 4.74 Å². The molecule has 0 aromatic rings. The van der Waals surface area contributed by atoms with Crippen LogP contribution < -0.4 is 5.32 Å². The van der Waals surface area contributed by atoms with Crippen molar-refractivity contribution < 1.29 is 4.74 Å². The first-order chi connectivity index (χ1) is 9.45. The smallest absolute Gasteiger partial charge is 0.0477 e. The van der Waals surface area contributed by atoms with Gasteiger partial charge in [-0.05, 0) is 64.1 Å². The second-order valence-corrected chi connectivity index (χ2v) is 7.28. The monoisotopic (exact) mass is 284 g/mol. The molecule has 1 aliphatic rings. The van der Waals surface area contributed by atoms with E-state index in [1.807, 2.05) is 0 Å². The second kappa shape index (κ2) is 9.01. The molecule has 1 fully saturated rings. The SMILES string of the molecule is CCOCCCNCC(C)N1CCC(C(C)(C)C)CC1. The van der Waals surface area contributed by atoms with E-state index in [9.17, 15) is 0 Å². The van der Waals surface area contributed by atoms with Gasteiger partial charge in [0, 0.05) is 25.8 Å². The molecule has 0 aromatic carbocycles. The van der Waals surface area contributed by atoms with Gasteiger partial charge in [0.05, 0.1) is 0 Å². The molecule has 3 heteroatoms. The average Bonchev–Trinajstić information content (AvgIpc) is 2.41. The van der Waals surface area contributed by atoms with Crippen molar-refractivity contribution in [1.82, 2.24) is 10.2 Å². The molecule has 1 saturated heterocycles. The zero-order chi connectivity index (χ0) is 15.0. The quantitative estimate of drug-likeness (QED) is 0.693. The third-order valence-corrected chi connectivity index (χ3v) is 4.66. The topological polar surface area (TPSA) is 24.5 Å². The Balaban J connectivity index is 2.11. The van der Waals surface area contributed by atoms with Crippen molar-refractivity contribution in [1.29, 1.82) is 0 Å². The lowest BCUT2D eigenvalue weighted by atomic mass is 9.75. The van der Waals surface area contributed by atoms with Crippen molar-refractivity contribution in [3.05, 3.63) is 0 Å². The molecular weight excluding hydrogens is 248 g/mol. The maximum absolute atomic E-state index is 5.35. The van der Waals surface area contributed by atoms with Gasteiger partial charge >= 0.3 is 0 Å². The van der Waals surface area contributed by atoms with Crippen molar-refractivity contribution in [2.45, 2.75) is 59.9 Å². The van der Waals surface area contributed by atoms with Crippen molar-refractivity contribution >= 4 is 0 Å². The van der Waals surface area contributed by atoms with Gasteiger partial charge in [-0.2, -0.15) is 0 Å². The van der Waals surface area contributed by atoms with E-state index in [0.717, 1.165) is 38.6 Å². The average molecular weight is 284 g/mol. The molecule has 0 saturated carbocycles. The van der Waals surface area contributed by atoms with E-state index in [1.165, 1.54) is 25.9 Å². The fourth-order valence-corrected chi connectivity index (χ4v) is 3.09. The summed E-state index contributed by atoms with van der Waals surface area (Å²) in [5.74, 6) is 0.894. The Morgan fingerprint density at radius 2 is 1.90 bits per heavy atom. The van der Waals surface area contributed by atoms with E-state index in [4.69, 9.17) is 4.74 Å². The molecule has 3 nitrogen and oxygen atoms in total. The normalized spacial score (nSPS) is 20.2. The van der Waals surface area contributed by atoms with Crippen LogP contribution in [0.2, 0.25) is 0 Å². The summed E-state index contributed by atoms with van der Waals surface area (Å²) in [6, 6.07) is 0.656. The summed E-state index contributed by atoms with van der Waals surface area (Å²) < 4.78 is 5.35. The van der Waals surface area contributed by atoms with E-state index < -0.39 is 0 Å². The van der Waals surface area contributed by atoms with Crippen LogP contribution in [-0.4, -0.2) is 50.3 Å². The first kappa shape index (κ1) is 17.9. The van der Waals surface area contributed by atoms with Crippen molar-refractivity contribution in [2.75, 3.05) is 39.4 Å². The lowest BCUT2D eigenvalue weighted by Gasteiger charge is -2.41. The number of hydrogen-bond donors (Lipinski definition) is 1. The number of nitrogens with one attached hydrogen (secondary N) is 1. The molecule has 0 aliphatic carbocycles. The molecule has 0 amide bonds. The summed E-state index contributed by atoms with van der Waals surface area (Å²) in [4.78, 5) is 2.65. The standard InChI is InChI=1S/C17H36N2O/c1-6-20-13-7-10-18-14-15(2)19-11-8-16(9-12-19)17(3,4)5/h15-16,18H,6-14H2,1-5H3. The van der Waals surface area contributed by atoms with E-state index in [-0.39, 0.29) is 0 Å². The van der Waals surface area contributed by atoms with Gasteiger partial charge in [0.1, 0.15) is 0 Å². The second-order valence-electron chi connectivity index (χ2n) is 7.28. The number of nitrogens with zero attached hydrogens (tertiary/aromatic N) is 1. The number of hydrogen-bond acceptors (Lipinski definition) is 3. The summed E-state index contributed by atoms with van der Waals surface area (Å²) >= 11 is 0. The molecule has 1 atom stereocenters.